The summed E-state index contributed by atoms with van der Waals surface area (Å²) >= 11 is 11.8. The first-order valence-electron chi connectivity index (χ1n) is 7.95. The molecule has 0 aliphatic carbocycles. The highest BCUT2D eigenvalue weighted by atomic mass is 35.5. The van der Waals surface area contributed by atoms with Crippen LogP contribution in [0.1, 0.15) is 24.1 Å². The minimum Gasteiger partial charge on any atom is -0.482 e. The fourth-order valence-electron chi connectivity index (χ4n) is 2.19. The number of para-hydroxylation sites is 1. The van der Waals surface area contributed by atoms with Crippen molar-refractivity contribution in [3.63, 3.8) is 0 Å². The van der Waals surface area contributed by atoms with E-state index in [9.17, 15) is 9.59 Å². The minimum atomic E-state index is -0.620. The van der Waals surface area contributed by atoms with Crippen LogP contribution in [0.3, 0.4) is 0 Å². The van der Waals surface area contributed by atoms with E-state index in [4.69, 9.17) is 32.7 Å². The van der Waals surface area contributed by atoms with Crippen LogP contribution in [0.5, 0.6) is 5.75 Å². The predicted octanol–water partition coefficient (Wildman–Crippen LogP) is 4.10. The zero-order chi connectivity index (χ0) is 19.1. The number of esters is 1. The van der Waals surface area contributed by atoms with Crippen molar-refractivity contribution in [2.75, 3.05) is 13.2 Å². The maximum Gasteiger partial charge on any atom is 0.344 e. The first-order chi connectivity index (χ1) is 12.4. The first-order valence-corrected chi connectivity index (χ1v) is 8.70. The van der Waals surface area contributed by atoms with E-state index in [2.05, 4.69) is 5.32 Å². The summed E-state index contributed by atoms with van der Waals surface area (Å²) in [7, 11) is 0. The van der Waals surface area contributed by atoms with Gasteiger partial charge in [-0.2, -0.15) is 0 Å². The van der Waals surface area contributed by atoms with Crippen molar-refractivity contribution in [2.45, 2.75) is 19.9 Å². The summed E-state index contributed by atoms with van der Waals surface area (Å²) in [5.74, 6) is -0.444. The van der Waals surface area contributed by atoms with Gasteiger partial charge in [0.2, 0.25) is 0 Å². The molecule has 1 N–H and O–H groups in total. The van der Waals surface area contributed by atoms with Crippen molar-refractivity contribution < 1.29 is 19.1 Å². The molecule has 0 spiro atoms. The van der Waals surface area contributed by atoms with Gasteiger partial charge in [0.1, 0.15) is 5.75 Å². The van der Waals surface area contributed by atoms with Crippen LogP contribution in [0.25, 0.3) is 0 Å². The number of benzene rings is 2. The molecule has 0 heterocycles. The first kappa shape index (κ1) is 20.1. The number of hydrogen-bond acceptors (Lipinski definition) is 4. The van der Waals surface area contributed by atoms with Gasteiger partial charge >= 0.3 is 5.97 Å². The van der Waals surface area contributed by atoms with Gasteiger partial charge in [-0.3, -0.25) is 4.79 Å². The number of rotatable bonds is 7. The van der Waals surface area contributed by atoms with Crippen molar-refractivity contribution >= 4 is 35.1 Å². The number of carbonyl (C=O) groups excluding carboxylic acids is 2. The van der Waals surface area contributed by atoms with Gasteiger partial charge in [-0.25, -0.2) is 4.79 Å². The maximum absolute atomic E-state index is 11.9. The van der Waals surface area contributed by atoms with Gasteiger partial charge < -0.3 is 14.8 Å². The molecule has 1 atom stereocenters. The molecule has 0 bridgehead atoms. The summed E-state index contributed by atoms with van der Waals surface area (Å²) in [6.07, 6.45) is 0. The van der Waals surface area contributed by atoms with Crippen LogP contribution in [0.4, 0.5) is 0 Å². The van der Waals surface area contributed by atoms with E-state index in [-0.39, 0.29) is 19.3 Å². The molecular formula is C19H19Cl2NO4. The summed E-state index contributed by atoms with van der Waals surface area (Å²) < 4.78 is 10.3. The van der Waals surface area contributed by atoms with Crippen LogP contribution in [-0.4, -0.2) is 25.1 Å². The van der Waals surface area contributed by atoms with Gasteiger partial charge in [0.15, 0.2) is 13.2 Å². The molecular weight excluding hydrogens is 377 g/mol. The lowest BCUT2D eigenvalue weighted by atomic mass is 10.1. The van der Waals surface area contributed by atoms with Crippen molar-refractivity contribution in [2.24, 2.45) is 0 Å². The monoisotopic (exact) mass is 395 g/mol. The van der Waals surface area contributed by atoms with E-state index in [1.54, 1.807) is 31.2 Å². The van der Waals surface area contributed by atoms with Crippen LogP contribution >= 0.6 is 23.2 Å². The number of halogens is 2. The number of nitrogens with one attached hydrogen (secondary N) is 1. The summed E-state index contributed by atoms with van der Waals surface area (Å²) in [5, 5.41) is 3.57. The second-order valence-electron chi connectivity index (χ2n) is 5.68. The van der Waals surface area contributed by atoms with Crippen LogP contribution in [0.15, 0.2) is 42.5 Å². The van der Waals surface area contributed by atoms with Gasteiger partial charge in [0.05, 0.1) is 16.1 Å². The van der Waals surface area contributed by atoms with Crippen LogP contribution in [-0.2, 0) is 14.3 Å². The van der Waals surface area contributed by atoms with Crippen molar-refractivity contribution in [1.29, 1.82) is 0 Å². The van der Waals surface area contributed by atoms with Crippen LogP contribution < -0.4 is 10.1 Å². The molecule has 0 aromatic heterocycles. The average Bonchev–Trinajstić information content (AvgIpc) is 2.61. The lowest BCUT2D eigenvalue weighted by Gasteiger charge is -2.15. The highest BCUT2D eigenvalue weighted by Gasteiger charge is 2.13. The van der Waals surface area contributed by atoms with Gasteiger partial charge in [0.25, 0.3) is 5.91 Å². The highest BCUT2D eigenvalue weighted by Crippen LogP contribution is 2.25. The summed E-state index contributed by atoms with van der Waals surface area (Å²) in [6, 6.07) is 12.1. The Balaban J connectivity index is 1.76. The molecule has 26 heavy (non-hydrogen) atoms. The largest absolute Gasteiger partial charge is 0.482 e. The zero-order valence-corrected chi connectivity index (χ0v) is 15.9. The highest BCUT2D eigenvalue weighted by molar-refractivity contribution is 6.42. The second kappa shape index (κ2) is 9.46. The smallest absolute Gasteiger partial charge is 0.344 e. The van der Waals surface area contributed by atoms with Gasteiger partial charge in [-0.05, 0) is 43.2 Å². The second-order valence-corrected chi connectivity index (χ2v) is 6.49. The molecule has 138 valence electrons. The molecule has 2 aromatic carbocycles. The number of aryl methyl sites for hydroxylation is 1. The molecule has 1 amide bonds. The van der Waals surface area contributed by atoms with Gasteiger partial charge in [-0.1, -0.05) is 47.5 Å². The lowest BCUT2D eigenvalue weighted by Crippen LogP contribution is -2.32. The number of hydrogen-bond donors (Lipinski definition) is 1. The molecule has 2 rings (SSSR count). The third kappa shape index (κ3) is 5.93. The number of amides is 1. The molecule has 0 radical (unpaired) electrons. The molecule has 0 aliphatic rings. The van der Waals surface area contributed by atoms with Crippen LogP contribution in [0, 0.1) is 6.92 Å². The Kier molecular flexibility index (Phi) is 7.30. The fraction of sp³-hybridized carbons (Fsp3) is 0.263. The van der Waals surface area contributed by atoms with E-state index in [1.807, 2.05) is 25.1 Å². The summed E-state index contributed by atoms with van der Waals surface area (Å²) in [4.78, 5) is 23.6. The van der Waals surface area contributed by atoms with Crippen LogP contribution in [0.2, 0.25) is 10.0 Å². The van der Waals surface area contributed by atoms with E-state index in [0.717, 1.165) is 11.1 Å². The number of carbonyl (C=O) groups is 2. The van der Waals surface area contributed by atoms with E-state index >= 15 is 0 Å². The molecule has 0 saturated heterocycles. The van der Waals surface area contributed by atoms with E-state index in [1.165, 1.54) is 0 Å². The quantitative estimate of drug-likeness (QED) is 0.716. The Hall–Kier alpha value is -2.24. The predicted molar refractivity (Wildman–Crippen MR) is 101 cm³/mol. The van der Waals surface area contributed by atoms with Crippen molar-refractivity contribution in [3.8, 4) is 5.75 Å². The zero-order valence-electron chi connectivity index (χ0n) is 14.4. The Morgan fingerprint density at radius 1 is 1.08 bits per heavy atom. The maximum atomic E-state index is 11.9. The summed E-state index contributed by atoms with van der Waals surface area (Å²) in [5.41, 5.74) is 1.70. The molecule has 0 aliphatic heterocycles. The SMILES string of the molecule is Cc1ccccc1OCC(=O)OCC(=O)N[C@@H](C)c1ccc(Cl)c(Cl)c1. The Bertz CT molecular complexity index is 795. The molecule has 0 saturated carbocycles. The topological polar surface area (TPSA) is 64.6 Å². The Morgan fingerprint density at radius 3 is 2.50 bits per heavy atom. The molecule has 0 unspecified atom stereocenters. The van der Waals surface area contributed by atoms with Crippen molar-refractivity contribution in [1.82, 2.24) is 5.32 Å². The van der Waals surface area contributed by atoms with E-state index in [0.29, 0.717) is 15.8 Å². The summed E-state index contributed by atoms with van der Waals surface area (Å²) in [6.45, 7) is 3.02. The molecule has 0 fully saturated rings. The van der Waals surface area contributed by atoms with Gasteiger partial charge in [0, 0.05) is 0 Å². The third-order valence-corrected chi connectivity index (χ3v) is 4.36. The Morgan fingerprint density at radius 2 is 1.81 bits per heavy atom. The standard InChI is InChI=1S/C19H19Cl2NO4/c1-12-5-3-4-6-17(12)25-11-19(24)26-10-18(23)22-13(2)14-7-8-15(20)16(21)9-14/h3-9,13H,10-11H2,1-2H3,(H,22,23)/t13-/m0/s1. The van der Waals surface area contributed by atoms with E-state index < -0.39 is 11.9 Å². The molecule has 2 aromatic rings. The molecule has 7 heteroatoms. The van der Waals surface area contributed by atoms with Gasteiger partial charge in [-0.15, -0.1) is 0 Å². The third-order valence-electron chi connectivity index (χ3n) is 3.62. The van der Waals surface area contributed by atoms with Crippen molar-refractivity contribution in [3.05, 3.63) is 63.6 Å². The normalized spacial score (nSPS) is 11.5. The fourth-order valence-corrected chi connectivity index (χ4v) is 2.50. The molecule has 5 nitrogen and oxygen atoms in total. The average molecular weight is 396 g/mol. The minimum absolute atomic E-state index is 0.263. The Labute approximate surface area is 162 Å². The number of ether oxygens (including phenoxy) is 2. The lowest BCUT2D eigenvalue weighted by molar-refractivity contribution is -0.150.